The normalized spacial score (nSPS) is 19.1. The van der Waals surface area contributed by atoms with Gasteiger partial charge in [-0.25, -0.2) is 0 Å². The third kappa shape index (κ3) is 5.02. The van der Waals surface area contributed by atoms with Gasteiger partial charge in [0.15, 0.2) is 0 Å². The highest BCUT2D eigenvalue weighted by atomic mass is 16.5. The summed E-state index contributed by atoms with van der Waals surface area (Å²) in [6.07, 6.45) is -0.352. The molecule has 2 aromatic rings. The van der Waals surface area contributed by atoms with Gasteiger partial charge in [-0.1, -0.05) is 76.2 Å². The first-order valence-corrected chi connectivity index (χ1v) is 10.4. The van der Waals surface area contributed by atoms with E-state index in [9.17, 15) is 4.79 Å². The van der Waals surface area contributed by atoms with Crippen molar-refractivity contribution in [2.75, 3.05) is 6.61 Å². The minimum absolute atomic E-state index is 0.228. The second kappa shape index (κ2) is 11.0. The van der Waals surface area contributed by atoms with Crippen LogP contribution in [0.4, 0.5) is 0 Å². The van der Waals surface area contributed by atoms with E-state index in [1.165, 1.54) is 0 Å². The zero-order valence-corrected chi connectivity index (χ0v) is 18.7. The molecule has 3 heteroatoms. The van der Waals surface area contributed by atoms with Crippen molar-refractivity contribution in [3.8, 4) is 0 Å². The van der Waals surface area contributed by atoms with E-state index >= 15 is 0 Å². The smallest absolute Gasteiger partial charge is 0.316 e. The number of carbonyl (C=O) groups excluding carboxylic acids is 1. The van der Waals surface area contributed by atoms with Gasteiger partial charge >= 0.3 is 5.97 Å². The topological polar surface area (TPSA) is 35.5 Å². The molecule has 0 amide bonds. The van der Waals surface area contributed by atoms with Gasteiger partial charge < -0.3 is 9.47 Å². The number of benzene rings is 2. The van der Waals surface area contributed by atoms with Crippen LogP contribution in [0.15, 0.2) is 48.5 Å². The van der Waals surface area contributed by atoms with Crippen LogP contribution < -0.4 is 0 Å². The van der Waals surface area contributed by atoms with E-state index < -0.39 is 11.5 Å². The van der Waals surface area contributed by atoms with Crippen LogP contribution in [0.3, 0.4) is 0 Å². The summed E-state index contributed by atoms with van der Waals surface area (Å²) >= 11 is 0. The molecule has 1 heterocycles. The highest BCUT2D eigenvalue weighted by Crippen LogP contribution is 2.49. The number of esters is 1. The van der Waals surface area contributed by atoms with Gasteiger partial charge in [-0.15, -0.1) is 0 Å². The second-order valence-corrected chi connectivity index (χ2v) is 6.72. The molecule has 2 unspecified atom stereocenters. The van der Waals surface area contributed by atoms with Crippen molar-refractivity contribution in [1.82, 2.24) is 0 Å². The molecule has 0 N–H and O–H groups in total. The summed E-state index contributed by atoms with van der Waals surface area (Å²) in [6, 6.07) is 16.1. The first kappa shape index (κ1) is 23.9. The number of rotatable bonds is 3. The molecular formula is C25H36O3. The lowest BCUT2D eigenvalue weighted by Gasteiger charge is -2.42. The molecule has 0 radical (unpaired) electrons. The molecule has 1 aliphatic heterocycles. The van der Waals surface area contributed by atoms with Gasteiger partial charge in [0.25, 0.3) is 0 Å². The van der Waals surface area contributed by atoms with Crippen LogP contribution in [0.25, 0.3) is 0 Å². The third-order valence-corrected chi connectivity index (χ3v) is 4.70. The van der Waals surface area contributed by atoms with E-state index in [2.05, 4.69) is 26.8 Å². The van der Waals surface area contributed by atoms with E-state index in [1.54, 1.807) is 0 Å². The SMILES string of the molecule is CC.CC.CCOC(=O)C1c2ccccc2C(C)(C)OC1c1ccccc1C. The number of aryl methyl sites for hydroxylation is 1. The predicted molar refractivity (Wildman–Crippen MR) is 117 cm³/mol. The number of hydrogen-bond donors (Lipinski definition) is 0. The highest BCUT2D eigenvalue weighted by Gasteiger charge is 2.45. The molecule has 3 nitrogen and oxygen atoms in total. The first-order valence-electron chi connectivity index (χ1n) is 10.4. The van der Waals surface area contributed by atoms with Crippen LogP contribution in [-0.2, 0) is 19.9 Å². The number of fused-ring (bicyclic) bond motifs is 1. The van der Waals surface area contributed by atoms with E-state index in [4.69, 9.17) is 9.47 Å². The van der Waals surface area contributed by atoms with Crippen molar-refractivity contribution in [3.05, 3.63) is 70.8 Å². The maximum absolute atomic E-state index is 12.8. The Morgan fingerprint density at radius 3 is 2.07 bits per heavy atom. The molecule has 154 valence electrons. The Hall–Kier alpha value is -2.13. The lowest BCUT2D eigenvalue weighted by atomic mass is 9.77. The fourth-order valence-corrected chi connectivity index (χ4v) is 3.56. The standard InChI is InChI=1S/C21H24O3.2C2H6/c1-5-23-20(22)18-16-12-8-9-13-17(16)21(3,4)24-19(18)15-11-7-6-10-14(15)2;2*1-2/h6-13,18-19H,5H2,1-4H3;2*1-2H3. The zero-order chi connectivity index (χ0) is 21.3. The summed E-state index contributed by atoms with van der Waals surface area (Å²) in [5.41, 5.74) is 3.74. The summed E-state index contributed by atoms with van der Waals surface area (Å²) in [4.78, 5) is 12.8. The zero-order valence-electron chi connectivity index (χ0n) is 18.7. The maximum Gasteiger partial charge on any atom is 0.316 e. The first-order chi connectivity index (χ1) is 13.5. The van der Waals surface area contributed by atoms with Crippen molar-refractivity contribution >= 4 is 5.97 Å². The summed E-state index contributed by atoms with van der Waals surface area (Å²) in [5, 5.41) is 0. The van der Waals surface area contributed by atoms with E-state index in [0.717, 1.165) is 22.3 Å². The predicted octanol–water partition coefficient (Wildman–Crippen LogP) is 6.70. The molecule has 2 aromatic carbocycles. The molecule has 0 fully saturated rings. The Balaban J connectivity index is 0.000000921. The van der Waals surface area contributed by atoms with Crippen molar-refractivity contribution in [2.45, 2.75) is 73.0 Å². The molecular weight excluding hydrogens is 348 g/mol. The van der Waals surface area contributed by atoms with Gasteiger partial charge in [0, 0.05) is 0 Å². The highest BCUT2D eigenvalue weighted by molar-refractivity contribution is 5.80. The van der Waals surface area contributed by atoms with Crippen LogP contribution >= 0.6 is 0 Å². The van der Waals surface area contributed by atoms with Gasteiger partial charge in [0.1, 0.15) is 12.0 Å². The average molecular weight is 385 g/mol. The van der Waals surface area contributed by atoms with Gasteiger partial charge in [0.2, 0.25) is 0 Å². The van der Waals surface area contributed by atoms with Crippen LogP contribution in [-0.4, -0.2) is 12.6 Å². The quantitative estimate of drug-likeness (QED) is 0.552. The minimum Gasteiger partial charge on any atom is -0.465 e. The summed E-state index contributed by atoms with van der Waals surface area (Å²) in [5.74, 6) is -0.677. The minimum atomic E-state index is -0.466. The number of carbonyl (C=O) groups is 1. The number of ether oxygens (including phenoxy) is 2. The van der Waals surface area contributed by atoms with Crippen molar-refractivity contribution < 1.29 is 14.3 Å². The van der Waals surface area contributed by atoms with E-state index in [0.29, 0.717) is 6.61 Å². The summed E-state index contributed by atoms with van der Waals surface area (Å²) < 4.78 is 11.8. The Morgan fingerprint density at radius 1 is 0.964 bits per heavy atom. The van der Waals surface area contributed by atoms with E-state index in [1.807, 2.05) is 77.1 Å². The van der Waals surface area contributed by atoms with Crippen LogP contribution in [0, 0.1) is 6.92 Å². The van der Waals surface area contributed by atoms with Crippen molar-refractivity contribution in [2.24, 2.45) is 0 Å². The third-order valence-electron chi connectivity index (χ3n) is 4.70. The second-order valence-electron chi connectivity index (χ2n) is 6.72. The fourth-order valence-electron chi connectivity index (χ4n) is 3.56. The molecule has 0 saturated carbocycles. The molecule has 1 aliphatic rings. The van der Waals surface area contributed by atoms with Crippen LogP contribution in [0.5, 0.6) is 0 Å². The molecule has 0 spiro atoms. The Bertz CT molecular complexity index is 749. The monoisotopic (exact) mass is 384 g/mol. The van der Waals surface area contributed by atoms with Gasteiger partial charge in [-0.3, -0.25) is 4.79 Å². The van der Waals surface area contributed by atoms with Gasteiger partial charge in [0.05, 0.1) is 12.2 Å². The molecule has 0 saturated heterocycles. The van der Waals surface area contributed by atoms with Gasteiger partial charge in [-0.2, -0.15) is 0 Å². The van der Waals surface area contributed by atoms with E-state index in [-0.39, 0.29) is 12.1 Å². The lowest BCUT2D eigenvalue weighted by molar-refractivity contribution is -0.159. The summed E-state index contributed by atoms with van der Waals surface area (Å²) in [7, 11) is 0. The lowest BCUT2D eigenvalue weighted by Crippen LogP contribution is -2.38. The van der Waals surface area contributed by atoms with Crippen LogP contribution in [0.2, 0.25) is 0 Å². The Kier molecular flexibility index (Phi) is 9.40. The van der Waals surface area contributed by atoms with Crippen LogP contribution in [0.1, 0.15) is 82.7 Å². The molecule has 3 rings (SSSR count). The maximum atomic E-state index is 12.8. The molecule has 28 heavy (non-hydrogen) atoms. The average Bonchev–Trinajstić information content (AvgIpc) is 2.71. The Labute approximate surface area is 171 Å². The largest absolute Gasteiger partial charge is 0.465 e. The molecule has 0 aromatic heterocycles. The van der Waals surface area contributed by atoms with Gasteiger partial charge in [-0.05, 0) is 49.9 Å². The molecule has 0 aliphatic carbocycles. The molecule has 2 atom stereocenters. The fraction of sp³-hybridized carbons (Fsp3) is 0.480. The summed E-state index contributed by atoms with van der Waals surface area (Å²) in [6.45, 7) is 16.4. The molecule has 0 bridgehead atoms. The van der Waals surface area contributed by atoms with Crippen molar-refractivity contribution in [1.29, 1.82) is 0 Å². The number of hydrogen-bond acceptors (Lipinski definition) is 3. The van der Waals surface area contributed by atoms with Crippen molar-refractivity contribution in [3.63, 3.8) is 0 Å². The Morgan fingerprint density at radius 2 is 1.50 bits per heavy atom.